The highest BCUT2D eigenvalue weighted by Gasteiger charge is 2.38. The first kappa shape index (κ1) is 16.3. The molecule has 1 saturated carbocycles. The Morgan fingerprint density at radius 1 is 1.09 bits per heavy atom. The number of carbonyl (C=O) groups is 2. The van der Waals surface area contributed by atoms with Crippen molar-refractivity contribution in [2.24, 2.45) is 5.92 Å². The van der Waals surface area contributed by atoms with Crippen molar-refractivity contribution in [3.63, 3.8) is 0 Å². The van der Waals surface area contributed by atoms with E-state index in [0.29, 0.717) is 6.54 Å². The van der Waals surface area contributed by atoms with Gasteiger partial charge in [0.25, 0.3) is 0 Å². The van der Waals surface area contributed by atoms with Gasteiger partial charge in [0.2, 0.25) is 5.91 Å². The molecule has 2 rings (SSSR count). The monoisotopic (exact) mass is 314 g/mol. The Bertz CT molecular complexity index is 535. The van der Waals surface area contributed by atoms with Crippen LogP contribution < -0.4 is 10.6 Å². The second-order valence-electron chi connectivity index (χ2n) is 5.35. The third-order valence-corrected chi connectivity index (χ3v) is 3.66. The summed E-state index contributed by atoms with van der Waals surface area (Å²) >= 11 is 0. The quantitative estimate of drug-likeness (QED) is 0.897. The second kappa shape index (κ2) is 6.81. The fourth-order valence-electron chi connectivity index (χ4n) is 2.43. The zero-order valence-electron chi connectivity index (χ0n) is 11.9. The summed E-state index contributed by atoms with van der Waals surface area (Å²) in [6, 6.07) is 5.89. The maximum atomic E-state index is 12.1. The first-order valence-electron chi connectivity index (χ1n) is 7.11. The molecule has 1 aromatic carbocycles. The van der Waals surface area contributed by atoms with Crippen molar-refractivity contribution in [1.82, 2.24) is 5.32 Å². The SMILES string of the molecule is O=C(NCc1ccc(NC(=O)C(F)(F)F)cc1)C1CCCC1. The Kier molecular flexibility index (Phi) is 5.05. The average Bonchev–Trinajstić information content (AvgIpc) is 2.99. The fraction of sp³-hybridized carbons (Fsp3) is 0.467. The van der Waals surface area contributed by atoms with E-state index in [0.717, 1.165) is 31.2 Å². The molecule has 0 saturated heterocycles. The summed E-state index contributed by atoms with van der Waals surface area (Å²) < 4.78 is 36.3. The number of amides is 2. The Hall–Kier alpha value is -2.05. The van der Waals surface area contributed by atoms with Crippen LogP contribution in [-0.4, -0.2) is 18.0 Å². The molecule has 2 N–H and O–H groups in total. The Morgan fingerprint density at radius 2 is 1.68 bits per heavy atom. The standard InChI is InChI=1S/C15H17F3N2O2/c16-15(17,18)14(22)20-12-7-5-10(6-8-12)9-19-13(21)11-3-1-2-4-11/h5-8,11H,1-4,9H2,(H,19,21)(H,20,22). The van der Waals surface area contributed by atoms with Gasteiger partial charge in [0.05, 0.1) is 0 Å². The van der Waals surface area contributed by atoms with E-state index in [-0.39, 0.29) is 17.5 Å². The zero-order chi connectivity index (χ0) is 16.2. The number of alkyl halides is 3. The van der Waals surface area contributed by atoms with E-state index < -0.39 is 12.1 Å². The average molecular weight is 314 g/mol. The second-order valence-corrected chi connectivity index (χ2v) is 5.35. The summed E-state index contributed by atoms with van der Waals surface area (Å²) in [5, 5.41) is 4.59. The maximum absolute atomic E-state index is 12.1. The van der Waals surface area contributed by atoms with Gasteiger partial charge in [-0.3, -0.25) is 9.59 Å². The van der Waals surface area contributed by atoms with Crippen molar-refractivity contribution in [2.75, 3.05) is 5.32 Å². The van der Waals surface area contributed by atoms with Gasteiger partial charge in [-0.25, -0.2) is 0 Å². The Balaban J connectivity index is 1.84. The Labute approximate surface area is 126 Å². The molecule has 1 fully saturated rings. The molecule has 0 unspecified atom stereocenters. The highest BCUT2D eigenvalue weighted by molar-refractivity contribution is 5.94. The van der Waals surface area contributed by atoms with Gasteiger partial charge in [-0.05, 0) is 30.5 Å². The van der Waals surface area contributed by atoms with Gasteiger partial charge in [0.1, 0.15) is 0 Å². The number of hydrogen-bond donors (Lipinski definition) is 2. The van der Waals surface area contributed by atoms with E-state index in [2.05, 4.69) is 5.32 Å². The van der Waals surface area contributed by atoms with Crippen molar-refractivity contribution >= 4 is 17.5 Å². The number of carbonyl (C=O) groups excluding carboxylic acids is 2. The van der Waals surface area contributed by atoms with Gasteiger partial charge in [0, 0.05) is 18.2 Å². The number of hydrogen-bond acceptors (Lipinski definition) is 2. The summed E-state index contributed by atoms with van der Waals surface area (Å²) in [6.07, 6.45) is -0.937. The van der Waals surface area contributed by atoms with E-state index in [4.69, 9.17) is 0 Å². The molecule has 0 aliphatic heterocycles. The molecule has 0 heterocycles. The predicted molar refractivity (Wildman–Crippen MR) is 74.9 cm³/mol. The minimum absolute atomic E-state index is 0.0203. The van der Waals surface area contributed by atoms with Crippen LogP contribution in [0.4, 0.5) is 18.9 Å². The highest BCUT2D eigenvalue weighted by atomic mass is 19.4. The molecule has 1 aromatic rings. The van der Waals surface area contributed by atoms with E-state index in [1.165, 1.54) is 12.1 Å². The van der Waals surface area contributed by atoms with Gasteiger partial charge in [-0.2, -0.15) is 13.2 Å². The molecule has 0 bridgehead atoms. The lowest BCUT2D eigenvalue weighted by molar-refractivity contribution is -0.167. The van der Waals surface area contributed by atoms with Gasteiger partial charge in [-0.15, -0.1) is 0 Å². The normalized spacial score (nSPS) is 15.6. The van der Waals surface area contributed by atoms with Gasteiger partial charge >= 0.3 is 12.1 Å². The van der Waals surface area contributed by atoms with Crippen LogP contribution in [0.2, 0.25) is 0 Å². The van der Waals surface area contributed by atoms with Crippen LogP contribution >= 0.6 is 0 Å². The Morgan fingerprint density at radius 3 is 2.23 bits per heavy atom. The van der Waals surface area contributed by atoms with Crippen LogP contribution in [0.25, 0.3) is 0 Å². The molecule has 7 heteroatoms. The van der Waals surface area contributed by atoms with Crippen molar-refractivity contribution < 1.29 is 22.8 Å². The predicted octanol–water partition coefficient (Wildman–Crippen LogP) is 2.99. The lowest BCUT2D eigenvalue weighted by Gasteiger charge is -2.11. The van der Waals surface area contributed by atoms with E-state index in [9.17, 15) is 22.8 Å². The van der Waals surface area contributed by atoms with Crippen molar-refractivity contribution in [2.45, 2.75) is 38.4 Å². The van der Waals surface area contributed by atoms with E-state index in [1.807, 2.05) is 0 Å². The van der Waals surface area contributed by atoms with Crippen LogP contribution in [-0.2, 0) is 16.1 Å². The summed E-state index contributed by atoms with van der Waals surface area (Å²) in [5.41, 5.74) is 0.824. The number of benzene rings is 1. The zero-order valence-corrected chi connectivity index (χ0v) is 11.9. The molecule has 22 heavy (non-hydrogen) atoms. The van der Waals surface area contributed by atoms with Gasteiger partial charge < -0.3 is 10.6 Å². The molecule has 2 amide bonds. The minimum Gasteiger partial charge on any atom is -0.352 e. The van der Waals surface area contributed by atoms with Crippen LogP contribution in [0, 0.1) is 5.92 Å². The van der Waals surface area contributed by atoms with Crippen LogP contribution in [0.5, 0.6) is 0 Å². The first-order valence-corrected chi connectivity index (χ1v) is 7.11. The number of anilines is 1. The molecule has 4 nitrogen and oxygen atoms in total. The first-order chi connectivity index (χ1) is 10.4. The summed E-state index contributed by atoms with van der Waals surface area (Å²) in [7, 11) is 0. The number of rotatable bonds is 4. The topological polar surface area (TPSA) is 58.2 Å². The third-order valence-electron chi connectivity index (χ3n) is 3.66. The summed E-state index contributed by atoms with van der Waals surface area (Å²) in [5.74, 6) is -1.91. The summed E-state index contributed by atoms with van der Waals surface area (Å²) in [4.78, 5) is 22.6. The molecule has 1 aliphatic carbocycles. The van der Waals surface area contributed by atoms with Crippen LogP contribution in [0.1, 0.15) is 31.2 Å². The smallest absolute Gasteiger partial charge is 0.352 e. The number of nitrogens with one attached hydrogen (secondary N) is 2. The molecule has 0 atom stereocenters. The van der Waals surface area contributed by atoms with E-state index >= 15 is 0 Å². The molecule has 0 radical (unpaired) electrons. The van der Waals surface area contributed by atoms with Crippen LogP contribution in [0.15, 0.2) is 24.3 Å². The minimum atomic E-state index is -4.91. The highest BCUT2D eigenvalue weighted by Crippen LogP contribution is 2.24. The molecular formula is C15H17F3N2O2. The van der Waals surface area contributed by atoms with Crippen molar-refractivity contribution in [3.8, 4) is 0 Å². The number of halogens is 3. The molecule has 0 spiro atoms. The lowest BCUT2D eigenvalue weighted by Crippen LogP contribution is -2.30. The fourth-order valence-corrected chi connectivity index (χ4v) is 2.43. The van der Waals surface area contributed by atoms with Crippen LogP contribution in [0.3, 0.4) is 0 Å². The maximum Gasteiger partial charge on any atom is 0.471 e. The summed E-state index contributed by atoms with van der Waals surface area (Å²) in [6.45, 7) is 0.322. The van der Waals surface area contributed by atoms with Gasteiger partial charge in [0.15, 0.2) is 0 Å². The molecule has 120 valence electrons. The lowest BCUT2D eigenvalue weighted by atomic mass is 10.1. The van der Waals surface area contributed by atoms with Crippen molar-refractivity contribution in [1.29, 1.82) is 0 Å². The molecule has 0 aromatic heterocycles. The third kappa shape index (κ3) is 4.47. The molecular weight excluding hydrogens is 297 g/mol. The van der Waals surface area contributed by atoms with Crippen molar-refractivity contribution in [3.05, 3.63) is 29.8 Å². The van der Waals surface area contributed by atoms with E-state index in [1.54, 1.807) is 17.4 Å². The van der Waals surface area contributed by atoms with Gasteiger partial charge in [-0.1, -0.05) is 25.0 Å². The largest absolute Gasteiger partial charge is 0.471 e. The molecule has 1 aliphatic rings.